The second-order valence-corrected chi connectivity index (χ2v) is 7.31. The van der Waals surface area contributed by atoms with Crippen LogP contribution in [-0.2, 0) is 10.0 Å². The molecule has 0 saturated carbocycles. The first kappa shape index (κ1) is 16.7. The maximum Gasteiger partial charge on any atom is 0.240 e. The lowest BCUT2D eigenvalue weighted by Crippen LogP contribution is -2.47. The van der Waals surface area contributed by atoms with E-state index in [2.05, 4.69) is 9.97 Å². The Kier molecular flexibility index (Phi) is 4.48. The molecule has 24 heavy (non-hydrogen) atoms. The van der Waals surface area contributed by atoms with Crippen molar-refractivity contribution in [1.82, 2.24) is 9.97 Å². The van der Waals surface area contributed by atoms with E-state index in [9.17, 15) is 8.42 Å². The number of anilines is 3. The maximum atomic E-state index is 11.8. The lowest BCUT2D eigenvalue weighted by Gasteiger charge is -2.37. The summed E-state index contributed by atoms with van der Waals surface area (Å²) in [5.74, 6) is 0.784. The number of nitrogen functional groups attached to an aromatic ring is 1. The molecular weight excluding hydrogens is 352 g/mol. The van der Waals surface area contributed by atoms with Crippen LogP contribution in [0, 0.1) is 0 Å². The van der Waals surface area contributed by atoms with Crippen LogP contribution in [0.15, 0.2) is 35.2 Å². The van der Waals surface area contributed by atoms with Crippen LogP contribution in [0.4, 0.5) is 17.5 Å². The predicted octanol–water partition coefficient (Wildman–Crippen LogP) is 0.686. The first-order valence-corrected chi connectivity index (χ1v) is 9.19. The van der Waals surface area contributed by atoms with Gasteiger partial charge in [0, 0.05) is 32.2 Å². The average Bonchev–Trinajstić information content (AvgIpc) is 2.53. The van der Waals surface area contributed by atoms with E-state index < -0.39 is 10.0 Å². The van der Waals surface area contributed by atoms with Gasteiger partial charge in [-0.2, -0.15) is 4.98 Å². The highest BCUT2D eigenvalue weighted by atomic mass is 35.5. The molecule has 2 heterocycles. The van der Waals surface area contributed by atoms with Crippen molar-refractivity contribution < 1.29 is 8.42 Å². The zero-order valence-electron chi connectivity index (χ0n) is 12.8. The average molecular weight is 369 g/mol. The van der Waals surface area contributed by atoms with Gasteiger partial charge in [0.15, 0.2) is 0 Å². The normalized spacial score (nSPS) is 15.6. The summed E-state index contributed by atoms with van der Waals surface area (Å²) < 4.78 is 23.5. The van der Waals surface area contributed by atoms with Gasteiger partial charge in [0.1, 0.15) is 15.9 Å². The van der Waals surface area contributed by atoms with Gasteiger partial charge in [-0.25, -0.2) is 18.5 Å². The van der Waals surface area contributed by atoms with E-state index in [1.54, 1.807) is 24.3 Å². The van der Waals surface area contributed by atoms with E-state index in [1.807, 2.05) is 9.80 Å². The van der Waals surface area contributed by atoms with Crippen LogP contribution < -0.4 is 20.7 Å². The molecule has 0 amide bonds. The number of rotatable bonds is 3. The van der Waals surface area contributed by atoms with Gasteiger partial charge in [0.25, 0.3) is 0 Å². The Morgan fingerprint density at radius 3 is 2.29 bits per heavy atom. The minimum Gasteiger partial charge on any atom is -0.368 e. The van der Waals surface area contributed by atoms with Crippen LogP contribution in [0.3, 0.4) is 0 Å². The Hall–Kier alpha value is -2.10. The van der Waals surface area contributed by atoms with Crippen LogP contribution >= 0.6 is 11.6 Å². The summed E-state index contributed by atoms with van der Waals surface area (Å²) in [5, 5.41) is 5.60. The van der Waals surface area contributed by atoms with E-state index in [1.165, 1.54) is 6.07 Å². The molecule has 128 valence electrons. The number of halogens is 1. The molecule has 3 rings (SSSR count). The summed E-state index contributed by atoms with van der Waals surface area (Å²) >= 11 is 5.92. The molecule has 2 aromatic rings. The maximum absolute atomic E-state index is 11.8. The molecule has 0 unspecified atom stereocenters. The number of hydrogen-bond donors (Lipinski definition) is 2. The van der Waals surface area contributed by atoms with Crippen LogP contribution in [-0.4, -0.2) is 44.6 Å². The third kappa shape index (κ3) is 3.53. The van der Waals surface area contributed by atoms with Crippen molar-refractivity contribution in [2.24, 2.45) is 5.14 Å². The van der Waals surface area contributed by atoms with Gasteiger partial charge in [-0.15, -0.1) is 0 Å². The van der Waals surface area contributed by atoms with E-state index in [-0.39, 0.29) is 10.8 Å². The van der Waals surface area contributed by atoms with Gasteiger partial charge in [-0.05, 0) is 12.1 Å². The summed E-state index contributed by atoms with van der Waals surface area (Å²) in [7, 11) is -3.77. The number of sulfonamides is 1. The standard InChI is InChI=1S/C14H17ClN6O2S/c15-12-9-13(19-14(16)18-12)21-7-5-20(6-8-21)10-3-1-2-4-11(10)24(17,22)23/h1-4,9H,5-8H2,(H2,16,18,19)(H2,17,22,23). The third-order valence-electron chi connectivity index (χ3n) is 3.81. The molecule has 1 aromatic heterocycles. The fourth-order valence-electron chi connectivity index (χ4n) is 2.72. The number of nitrogens with zero attached hydrogens (tertiary/aromatic N) is 4. The largest absolute Gasteiger partial charge is 0.368 e. The number of piperazine rings is 1. The van der Waals surface area contributed by atoms with Crippen LogP contribution in [0.25, 0.3) is 0 Å². The van der Waals surface area contributed by atoms with Crippen LogP contribution in [0.5, 0.6) is 0 Å². The zero-order valence-corrected chi connectivity index (χ0v) is 14.3. The summed E-state index contributed by atoms with van der Waals surface area (Å²) in [4.78, 5) is 12.2. The van der Waals surface area contributed by atoms with Crippen molar-refractivity contribution in [3.8, 4) is 0 Å². The van der Waals surface area contributed by atoms with Crippen molar-refractivity contribution in [2.75, 3.05) is 41.7 Å². The van der Waals surface area contributed by atoms with Crippen molar-refractivity contribution in [2.45, 2.75) is 4.90 Å². The molecule has 10 heteroatoms. The Labute approximate surface area is 145 Å². The lowest BCUT2D eigenvalue weighted by atomic mass is 10.2. The smallest absolute Gasteiger partial charge is 0.240 e. The second kappa shape index (κ2) is 6.42. The topological polar surface area (TPSA) is 118 Å². The first-order chi connectivity index (χ1) is 11.3. The van der Waals surface area contributed by atoms with E-state index in [0.717, 1.165) is 0 Å². The molecule has 1 fully saturated rings. The lowest BCUT2D eigenvalue weighted by molar-refractivity contribution is 0.595. The molecule has 8 nitrogen and oxygen atoms in total. The monoisotopic (exact) mass is 368 g/mol. The summed E-state index contributed by atoms with van der Waals surface area (Å²) in [5.41, 5.74) is 6.24. The number of primary sulfonamides is 1. The van der Waals surface area contributed by atoms with Gasteiger partial charge < -0.3 is 15.5 Å². The summed E-state index contributed by atoms with van der Waals surface area (Å²) in [6.07, 6.45) is 0. The number of aromatic nitrogens is 2. The Bertz CT molecular complexity index is 832. The minimum atomic E-state index is -3.77. The molecule has 1 aliphatic heterocycles. The molecule has 0 aliphatic carbocycles. The minimum absolute atomic E-state index is 0.125. The van der Waals surface area contributed by atoms with Crippen LogP contribution in [0.1, 0.15) is 0 Å². The Morgan fingerprint density at radius 1 is 1.04 bits per heavy atom. The number of para-hydroxylation sites is 1. The SMILES string of the molecule is Nc1nc(Cl)cc(N2CCN(c3ccccc3S(N)(=O)=O)CC2)n1. The van der Waals surface area contributed by atoms with Crippen molar-refractivity contribution in [3.63, 3.8) is 0 Å². The molecule has 1 saturated heterocycles. The third-order valence-corrected chi connectivity index (χ3v) is 4.97. The quantitative estimate of drug-likeness (QED) is 0.765. The fourth-order valence-corrected chi connectivity index (χ4v) is 3.66. The highest BCUT2D eigenvalue weighted by Gasteiger charge is 2.23. The highest BCUT2D eigenvalue weighted by Crippen LogP contribution is 2.26. The van der Waals surface area contributed by atoms with Crippen molar-refractivity contribution in [1.29, 1.82) is 0 Å². The van der Waals surface area contributed by atoms with E-state index >= 15 is 0 Å². The van der Waals surface area contributed by atoms with Crippen molar-refractivity contribution >= 4 is 39.1 Å². The number of benzene rings is 1. The van der Waals surface area contributed by atoms with Gasteiger partial charge in [0.2, 0.25) is 16.0 Å². The molecule has 0 radical (unpaired) electrons. The van der Waals surface area contributed by atoms with Gasteiger partial charge in [-0.1, -0.05) is 23.7 Å². The predicted molar refractivity (Wildman–Crippen MR) is 93.7 cm³/mol. The molecule has 4 N–H and O–H groups in total. The van der Waals surface area contributed by atoms with Crippen molar-refractivity contribution in [3.05, 3.63) is 35.5 Å². The summed E-state index contributed by atoms with van der Waals surface area (Å²) in [6.45, 7) is 2.53. The van der Waals surface area contributed by atoms with E-state index in [4.69, 9.17) is 22.5 Å². The van der Waals surface area contributed by atoms with Gasteiger partial charge in [-0.3, -0.25) is 0 Å². The van der Waals surface area contributed by atoms with Crippen LogP contribution in [0.2, 0.25) is 5.15 Å². The molecule has 0 bridgehead atoms. The zero-order chi connectivity index (χ0) is 17.3. The number of nitrogens with two attached hydrogens (primary N) is 2. The fraction of sp³-hybridized carbons (Fsp3) is 0.286. The molecule has 0 atom stereocenters. The molecule has 1 aliphatic rings. The highest BCUT2D eigenvalue weighted by molar-refractivity contribution is 7.89. The van der Waals surface area contributed by atoms with Gasteiger partial charge >= 0.3 is 0 Å². The first-order valence-electron chi connectivity index (χ1n) is 7.26. The Morgan fingerprint density at radius 2 is 1.67 bits per heavy atom. The van der Waals surface area contributed by atoms with Gasteiger partial charge in [0.05, 0.1) is 5.69 Å². The molecule has 1 aromatic carbocycles. The summed E-state index contributed by atoms with van der Waals surface area (Å²) in [6, 6.07) is 8.38. The molecule has 0 spiro atoms. The van der Waals surface area contributed by atoms with E-state index in [0.29, 0.717) is 42.8 Å². The molecular formula is C14H17ClN6O2S. The Balaban J connectivity index is 1.79. The number of hydrogen-bond acceptors (Lipinski definition) is 7. The second-order valence-electron chi connectivity index (χ2n) is 5.39.